The molecule has 4 heteroatoms. The summed E-state index contributed by atoms with van der Waals surface area (Å²) in [5.74, 6) is 0. The van der Waals surface area contributed by atoms with Gasteiger partial charge in [-0.05, 0) is 47.4 Å². The Morgan fingerprint density at radius 2 is 2.05 bits per heavy atom. The lowest BCUT2D eigenvalue weighted by Gasteiger charge is -2.29. The highest BCUT2D eigenvalue weighted by Gasteiger charge is 2.17. The first kappa shape index (κ1) is 13.9. The molecule has 0 bridgehead atoms. The second kappa shape index (κ2) is 5.77. The van der Waals surface area contributed by atoms with E-state index in [4.69, 9.17) is 22.6 Å². The fourth-order valence-electron chi connectivity index (χ4n) is 2.76. The van der Waals surface area contributed by atoms with Crippen LogP contribution in [-0.2, 0) is 19.5 Å². The number of nitrogens with two attached hydrogens (primary N) is 1. The first-order valence-electron chi connectivity index (χ1n) is 6.94. The van der Waals surface area contributed by atoms with Crippen molar-refractivity contribution >= 4 is 17.3 Å². The van der Waals surface area contributed by atoms with Gasteiger partial charge in [-0.2, -0.15) is 5.26 Å². The number of benzene rings is 2. The van der Waals surface area contributed by atoms with Gasteiger partial charge in [-0.3, -0.25) is 4.90 Å². The molecule has 21 heavy (non-hydrogen) atoms. The second-order valence-corrected chi connectivity index (χ2v) is 5.81. The van der Waals surface area contributed by atoms with Gasteiger partial charge in [-0.25, -0.2) is 0 Å². The summed E-state index contributed by atoms with van der Waals surface area (Å²) in [5.41, 5.74) is 11.0. The van der Waals surface area contributed by atoms with E-state index in [1.165, 1.54) is 11.1 Å². The monoisotopic (exact) mass is 297 g/mol. The minimum atomic E-state index is 0.598. The maximum atomic E-state index is 8.88. The van der Waals surface area contributed by atoms with Crippen LogP contribution in [0.1, 0.15) is 22.3 Å². The molecule has 3 rings (SSSR count). The molecule has 106 valence electrons. The Kier molecular flexibility index (Phi) is 3.83. The van der Waals surface area contributed by atoms with Crippen LogP contribution in [0.15, 0.2) is 36.4 Å². The first-order chi connectivity index (χ1) is 10.2. The highest BCUT2D eigenvalue weighted by molar-refractivity contribution is 6.31. The summed E-state index contributed by atoms with van der Waals surface area (Å²) in [4.78, 5) is 2.36. The van der Waals surface area contributed by atoms with Crippen LogP contribution in [0.4, 0.5) is 5.69 Å². The predicted molar refractivity (Wildman–Crippen MR) is 84.8 cm³/mol. The molecule has 0 saturated carbocycles. The van der Waals surface area contributed by atoms with E-state index in [-0.39, 0.29) is 0 Å². The number of nitrogens with zero attached hydrogens (tertiary/aromatic N) is 2. The molecule has 0 atom stereocenters. The fraction of sp³-hybridized carbons (Fsp3) is 0.235. The molecular weight excluding hydrogens is 282 g/mol. The Bertz CT molecular complexity index is 718. The summed E-state index contributed by atoms with van der Waals surface area (Å²) in [5, 5.41) is 9.54. The van der Waals surface area contributed by atoms with Crippen molar-refractivity contribution in [1.29, 1.82) is 5.26 Å². The number of hydrogen-bond acceptors (Lipinski definition) is 3. The van der Waals surface area contributed by atoms with E-state index < -0.39 is 0 Å². The summed E-state index contributed by atoms with van der Waals surface area (Å²) in [6.07, 6.45) is 1.03. The molecule has 2 aromatic rings. The van der Waals surface area contributed by atoms with Gasteiger partial charge < -0.3 is 5.73 Å². The number of hydrogen-bond donors (Lipinski definition) is 1. The molecule has 0 aromatic heterocycles. The van der Waals surface area contributed by atoms with E-state index in [1.807, 2.05) is 18.2 Å². The van der Waals surface area contributed by atoms with Crippen molar-refractivity contribution < 1.29 is 0 Å². The van der Waals surface area contributed by atoms with Gasteiger partial charge in [0.1, 0.15) is 0 Å². The maximum absolute atomic E-state index is 8.88. The average molecular weight is 298 g/mol. The fourth-order valence-corrected chi connectivity index (χ4v) is 3.00. The molecule has 0 unspecified atom stereocenters. The van der Waals surface area contributed by atoms with Gasteiger partial charge in [0.05, 0.1) is 11.6 Å². The quantitative estimate of drug-likeness (QED) is 0.865. The molecule has 2 aromatic carbocycles. The Morgan fingerprint density at radius 1 is 1.19 bits per heavy atom. The van der Waals surface area contributed by atoms with Crippen LogP contribution in [0.3, 0.4) is 0 Å². The molecule has 1 aliphatic heterocycles. The van der Waals surface area contributed by atoms with E-state index >= 15 is 0 Å². The van der Waals surface area contributed by atoms with Gasteiger partial charge >= 0.3 is 0 Å². The number of nitrogen functional groups attached to an aromatic ring is 1. The minimum absolute atomic E-state index is 0.598. The third-order valence-corrected chi connectivity index (χ3v) is 4.25. The number of nitriles is 1. The lowest BCUT2D eigenvalue weighted by Crippen LogP contribution is -2.30. The largest absolute Gasteiger partial charge is 0.399 e. The zero-order valence-electron chi connectivity index (χ0n) is 11.6. The van der Waals surface area contributed by atoms with E-state index in [9.17, 15) is 0 Å². The number of halogens is 1. The van der Waals surface area contributed by atoms with Crippen LogP contribution in [0.2, 0.25) is 5.02 Å². The van der Waals surface area contributed by atoms with Crippen molar-refractivity contribution in [2.75, 3.05) is 12.3 Å². The van der Waals surface area contributed by atoms with E-state index in [0.717, 1.165) is 37.3 Å². The van der Waals surface area contributed by atoms with Gasteiger partial charge in [0.15, 0.2) is 0 Å². The number of fused-ring (bicyclic) bond motifs is 1. The summed E-state index contributed by atoms with van der Waals surface area (Å²) >= 11 is 6.26. The highest BCUT2D eigenvalue weighted by atomic mass is 35.5. The van der Waals surface area contributed by atoms with E-state index in [2.05, 4.69) is 23.1 Å². The minimum Gasteiger partial charge on any atom is -0.399 e. The zero-order chi connectivity index (χ0) is 14.8. The molecule has 1 aliphatic rings. The van der Waals surface area contributed by atoms with Gasteiger partial charge in [-0.1, -0.05) is 23.7 Å². The summed E-state index contributed by atoms with van der Waals surface area (Å²) in [7, 11) is 0. The summed E-state index contributed by atoms with van der Waals surface area (Å²) in [6, 6.07) is 13.7. The Balaban J connectivity index is 1.77. The van der Waals surface area contributed by atoms with Gasteiger partial charge in [0.2, 0.25) is 0 Å². The van der Waals surface area contributed by atoms with Crippen molar-refractivity contribution in [2.45, 2.75) is 19.5 Å². The topological polar surface area (TPSA) is 53.0 Å². The van der Waals surface area contributed by atoms with Gasteiger partial charge in [-0.15, -0.1) is 0 Å². The normalized spacial score (nSPS) is 14.5. The SMILES string of the molecule is N#Cc1ccc(CN2CCc3ccc(N)cc3C2)c(Cl)c1. The van der Waals surface area contributed by atoms with Crippen molar-refractivity contribution in [3.63, 3.8) is 0 Å². The zero-order valence-corrected chi connectivity index (χ0v) is 12.4. The summed E-state index contributed by atoms with van der Waals surface area (Å²) < 4.78 is 0. The van der Waals surface area contributed by atoms with Crippen LogP contribution in [0, 0.1) is 11.3 Å². The van der Waals surface area contributed by atoms with Crippen LogP contribution in [0.5, 0.6) is 0 Å². The van der Waals surface area contributed by atoms with Crippen molar-refractivity contribution in [3.8, 4) is 6.07 Å². The van der Waals surface area contributed by atoms with Crippen LogP contribution in [0.25, 0.3) is 0 Å². The maximum Gasteiger partial charge on any atom is 0.0992 e. The second-order valence-electron chi connectivity index (χ2n) is 5.41. The molecule has 0 saturated heterocycles. The Morgan fingerprint density at radius 3 is 2.81 bits per heavy atom. The Labute approximate surface area is 129 Å². The van der Waals surface area contributed by atoms with Crippen LogP contribution < -0.4 is 5.73 Å². The van der Waals surface area contributed by atoms with Gasteiger partial charge in [0.25, 0.3) is 0 Å². The van der Waals surface area contributed by atoms with Gasteiger partial charge in [0, 0.05) is 30.3 Å². The third-order valence-electron chi connectivity index (χ3n) is 3.90. The average Bonchev–Trinajstić information content (AvgIpc) is 2.49. The van der Waals surface area contributed by atoms with Crippen LogP contribution >= 0.6 is 11.6 Å². The number of rotatable bonds is 2. The Hall–Kier alpha value is -2.02. The molecule has 0 fully saturated rings. The molecule has 2 N–H and O–H groups in total. The smallest absolute Gasteiger partial charge is 0.0992 e. The van der Waals surface area contributed by atoms with Crippen LogP contribution in [-0.4, -0.2) is 11.4 Å². The molecule has 0 spiro atoms. The third kappa shape index (κ3) is 3.02. The van der Waals surface area contributed by atoms with Crippen molar-refractivity contribution in [2.24, 2.45) is 0 Å². The first-order valence-corrected chi connectivity index (χ1v) is 7.31. The molecule has 1 heterocycles. The molecular formula is C17H16ClN3. The summed E-state index contributed by atoms with van der Waals surface area (Å²) in [6.45, 7) is 2.68. The molecule has 0 amide bonds. The number of anilines is 1. The predicted octanol–water partition coefficient (Wildman–Crippen LogP) is 3.35. The molecule has 3 nitrogen and oxygen atoms in total. The lowest BCUT2D eigenvalue weighted by atomic mass is 9.98. The standard InChI is InChI=1S/C17H16ClN3/c18-17-7-12(9-19)1-2-14(17)10-21-6-5-13-3-4-16(20)8-15(13)11-21/h1-4,7-8H,5-6,10-11,20H2. The molecule has 0 radical (unpaired) electrons. The molecule has 0 aliphatic carbocycles. The van der Waals surface area contributed by atoms with Crippen molar-refractivity contribution in [1.82, 2.24) is 4.90 Å². The highest BCUT2D eigenvalue weighted by Crippen LogP contribution is 2.25. The van der Waals surface area contributed by atoms with Crippen molar-refractivity contribution in [3.05, 3.63) is 63.7 Å². The van der Waals surface area contributed by atoms with E-state index in [1.54, 1.807) is 6.07 Å². The lowest BCUT2D eigenvalue weighted by molar-refractivity contribution is 0.245. The van der Waals surface area contributed by atoms with E-state index in [0.29, 0.717) is 10.6 Å².